The molecule has 1 saturated heterocycles. The molecule has 1 N–H and O–H groups in total. The third-order valence-electron chi connectivity index (χ3n) is 3.05. The molecule has 1 rings (SSSR count). The van der Waals surface area contributed by atoms with Crippen molar-refractivity contribution in [1.29, 1.82) is 0 Å². The van der Waals surface area contributed by atoms with Crippen LogP contribution in [0.15, 0.2) is 0 Å². The van der Waals surface area contributed by atoms with Crippen LogP contribution in [0.5, 0.6) is 0 Å². The lowest BCUT2D eigenvalue weighted by atomic mass is 9.92. The van der Waals surface area contributed by atoms with E-state index in [1.54, 1.807) is 11.9 Å². The van der Waals surface area contributed by atoms with Gasteiger partial charge in [-0.3, -0.25) is 9.59 Å². The van der Waals surface area contributed by atoms with Crippen LogP contribution in [-0.2, 0) is 9.59 Å². The molecule has 0 radical (unpaired) electrons. The molecule has 0 aliphatic carbocycles. The number of rotatable bonds is 4. The first-order valence-corrected chi connectivity index (χ1v) is 5.03. The summed E-state index contributed by atoms with van der Waals surface area (Å²) in [4.78, 5) is 23.6. The lowest BCUT2D eigenvalue weighted by Gasteiger charge is -2.27. The molecule has 1 aliphatic heterocycles. The quantitative estimate of drug-likeness (QED) is 0.737. The molecule has 2 unspecified atom stereocenters. The zero-order valence-corrected chi connectivity index (χ0v) is 8.69. The summed E-state index contributed by atoms with van der Waals surface area (Å²) in [6, 6.07) is 0.128. The lowest BCUT2D eigenvalue weighted by molar-refractivity contribution is -0.139. The Bertz CT molecular complexity index is 240. The van der Waals surface area contributed by atoms with Crippen molar-refractivity contribution in [2.45, 2.75) is 38.6 Å². The van der Waals surface area contributed by atoms with E-state index < -0.39 is 5.97 Å². The fourth-order valence-electron chi connectivity index (χ4n) is 2.15. The Balaban J connectivity index is 2.61. The summed E-state index contributed by atoms with van der Waals surface area (Å²) in [7, 11) is 1.77. The van der Waals surface area contributed by atoms with Crippen LogP contribution in [-0.4, -0.2) is 35.0 Å². The van der Waals surface area contributed by atoms with Crippen molar-refractivity contribution in [1.82, 2.24) is 4.90 Å². The van der Waals surface area contributed by atoms with Gasteiger partial charge in [0.05, 0.1) is 6.42 Å². The Labute approximate surface area is 83.9 Å². The molecule has 4 nitrogen and oxygen atoms in total. The van der Waals surface area contributed by atoms with Crippen molar-refractivity contribution in [3.05, 3.63) is 0 Å². The molecule has 0 saturated carbocycles. The molecule has 14 heavy (non-hydrogen) atoms. The predicted molar refractivity (Wildman–Crippen MR) is 51.8 cm³/mol. The maximum atomic E-state index is 11.3. The standard InChI is InChI=1S/C10H17NO3/c1-3-7(6-10(13)14)8-4-5-9(12)11(8)2/h7-8H,3-6H2,1-2H3,(H,13,14). The van der Waals surface area contributed by atoms with Crippen molar-refractivity contribution in [2.24, 2.45) is 5.92 Å². The van der Waals surface area contributed by atoms with E-state index in [2.05, 4.69) is 0 Å². The molecule has 1 amide bonds. The predicted octanol–water partition coefficient (Wildman–Crippen LogP) is 1.11. The summed E-state index contributed by atoms with van der Waals surface area (Å²) in [6.45, 7) is 1.98. The Hall–Kier alpha value is -1.06. The maximum absolute atomic E-state index is 11.3. The second-order valence-electron chi connectivity index (χ2n) is 3.88. The van der Waals surface area contributed by atoms with Crippen molar-refractivity contribution in [2.75, 3.05) is 7.05 Å². The van der Waals surface area contributed by atoms with Crippen molar-refractivity contribution in [3.63, 3.8) is 0 Å². The number of aliphatic carboxylic acids is 1. The zero-order valence-electron chi connectivity index (χ0n) is 8.69. The first-order chi connectivity index (χ1) is 6.56. The van der Waals surface area contributed by atoms with Gasteiger partial charge in [-0.1, -0.05) is 13.3 Å². The highest BCUT2D eigenvalue weighted by Crippen LogP contribution is 2.27. The second kappa shape index (κ2) is 4.44. The zero-order chi connectivity index (χ0) is 10.7. The number of carboxylic acids is 1. The smallest absolute Gasteiger partial charge is 0.303 e. The molecule has 80 valence electrons. The second-order valence-corrected chi connectivity index (χ2v) is 3.88. The molecule has 1 heterocycles. The summed E-state index contributed by atoms with van der Waals surface area (Å²) in [5, 5.41) is 8.72. The van der Waals surface area contributed by atoms with E-state index in [-0.39, 0.29) is 24.3 Å². The average molecular weight is 199 g/mol. The normalized spacial score (nSPS) is 24.0. The van der Waals surface area contributed by atoms with E-state index >= 15 is 0 Å². The first kappa shape index (κ1) is 11.0. The fourth-order valence-corrected chi connectivity index (χ4v) is 2.15. The highest BCUT2D eigenvalue weighted by molar-refractivity contribution is 5.78. The van der Waals surface area contributed by atoms with Gasteiger partial charge in [-0.2, -0.15) is 0 Å². The first-order valence-electron chi connectivity index (χ1n) is 5.03. The number of carbonyl (C=O) groups is 2. The van der Waals surface area contributed by atoms with Crippen LogP contribution in [0.1, 0.15) is 32.6 Å². The summed E-state index contributed by atoms with van der Waals surface area (Å²) < 4.78 is 0. The minimum absolute atomic E-state index is 0.101. The Morgan fingerprint density at radius 2 is 2.36 bits per heavy atom. The van der Waals surface area contributed by atoms with Crippen LogP contribution < -0.4 is 0 Å². The van der Waals surface area contributed by atoms with Gasteiger partial charge in [0.2, 0.25) is 5.91 Å². The number of carboxylic acid groups (broad SMARTS) is 1. The van der Waals surface area contributed by atoms with Gasteiger partial charge in [0.1, 0.15) is 0 Å². The minimum atomic E-state index is -0.774. The molecule has 0 aromatic heterocycles. The van der Waals surface area contributed by atoms with Crippen LogP contribution in [0.25, 0.3) is 0 Å². The summed E-state index contributed by atoms with van der Waals surface area (Å²) in [6.07, 6.45) is 2.35. The van der Waals surface area contributed by atoms with Gasteiger partial charge in [0, 0.05) is 19.5 Å². The average Bonchev–Trinajstić information content (AvgIpc) is 2.44. The van der Waals surface area contributed by atoms with Crippen LogP contribution in [0.2, 0.25) is 0 Å². The van der Waals surface area contributed by atoms with Crippen molar-refractivity contribution < 1.29 is 14.7 Å². The largest absolute Gasteiger partial charge is 0.481 e. The van der Waals surface area contributed by atoms with Gasteiger partial charge >= 0.3 is 5.97 Å². The van der Waals surface area contributed by atoms with Crippen molar-refractivity contribution in [3.8, 4) is 0 Å². The van der Waals surface area contributed by atoms with E-state index in [4.69, 9.17) is 5.11 Å². The number of carbonyl (C=O) groups excluding carboxylic acids is 1. The van der Waals surface area contributed by atoms with Gasteiger partial charge in [0.25, 0.3) is 0 Å². The summed E-state index contributed by atoms with van der Waals surface area (Å²) in [5.41, 5.74) is 0. The molecule has 0 spiro atoms. The van der Waals surface area contributed by atoms with Gasteiger partial charge in [-0.05, 0) is 12.3 Å². The van der Waals surface area contributed by atoms with E-state index in [1.165, 1.54) is 0 Å². The molecule has 4 heteroatoms. The van der Waals surface area contributed by atoms with Crippen molar-refractivity contribution >= 4 is 11.9 Å². The lowest BCUT2D eigenvalue weighted by Crippen LogP contribution is -2.35. The van der Waals surface area contributed by atoms with E-state index in [9.17, 15) is 9.59 Å². The van der Waals surface area contributed by atoms with Gasteiger partial charge in [0.15, 0.2) is 0 Å². The minimum Gasteiger partial charge on any atom is -0.481 e. The third-order valence-corrected chi connectivity index (χ3v) is 3.05. The fraction of sp³-hybridized carbons (Fsp3) is 0.800. The molecular formula is C10H17NO3. The highest BCUT2D eigenvalue weighted by Gasteiger charge is 2.33. The number of hydrogen-bond acceptors (Lipinski definition) is 2. The van der Waals surface area contributed by atoms with Crippen LogP contribution in [0.3, 0.4) is 0 Å². The molecule has 1 fully saturated rings. The third kappa shape index (κ3) is 2.25. The number of nitrogens with zero attached hydrogens (tertiary/aromatic N) is 1. The van der Waals surface area contributed by atoms with Crippen LogP contribution in [0, 0.1) is 5.92 Å². The topological polar surface area (TPSA) is 57.6 Å². The number of likely N-dealkylation sites (tertiary alicyclic amines) is 1. The molecule has 0 aromatic carbocycles. The Morgan fingerprint density at radius 1 is 1.71 bits per heavy atom. The van der Waals surface area contributed by atoms with E-state index in [0.717, 1.165) is 12.8 Å². The molecule has 2 atom stereocenters. The van der Waals surface area contributed by atoms with Crippen LogP contribution >= 0.6 is 0 Å². The molecule has 0 bridgehead atoms. The SMILES string of the molecule is CCC(CC(=O)O)C1CCC(=O)N1C. The number of hydrogen-bond donors (Lipinski definition) is 1. The Kier molecular flexibility index (Phi) is 3.49. The molecule has 1 aliphatic rings. The monoisotopic (exact) mass is 199 g/mol. The Morgan fingerprint density at radius 3 is 2.71 bits per heavy atom. The van der Waals surface area contributed by atoms with E-state index in [0.29, 0.717) is 6.42 Å². The van der Waals surface area contributed by atoms with Gasteiger partial charge in [-0.15, -0.1) is 0 Å². The molecule has 0 aromatic rings. The summed E-state index contributed by atoms with van der Waals surface area (Å²) in [5.74, 6) is -0.535. The van der Waals surface area contributed by atoms with E-state index in [1.807, 2.05) is 6.92 Å². The maximum Gasteiger partial charge on any atom is 0.303 e. The number of amides is 1. The summed E-state index contributed by atoms with van der Waals surface area (Å²) >= 11 is 0. The highest BCUT2D eigenvalue weighted by atomic mass is 16.4. The molecular weight excluding hydrogens is 182 g/mol. The van der Waals surface area contributed by atoms with Gasteiger partial charge < -0.3 is 10.0 Å². The van der Waals surface area contributed by atoms with Crippen LogP contribution in [0.4, 0.5) is 0 Å². The van der Waals surface area contributed by atoms with Gasteiger partial charge in [-0.25, -0.2) is 0 Å².